The van der Waals surface area contributed by atoms with E-state index in [1.165, 1.54) is 4.57 Å². The molecule has 1 amide bonds. The van der Waals surface area contributed by atoms with Crippen molar-refractivity contribution in [3.63, 3.8) is 0 Å². The lowest BCUT2D eigenvalue weighted by Gasteiger charge is -2.46. The summed E-state index contributed by atoms with van der Waals surface area (Å²) in [5.41, 5.74) is 1.15. The van der Waals surface area contributed by atoms with Crippen molar-refractivity contribution in [2.75, 3.05) is 44.2 Å². The van der Waals surface area contributed by atoms with Gasteiger partial charge in [-0.2, -0.15) is 0 Å². The molecule has 28 heavy (non-hydrogen) atoms. The fourth-order valence-electron chi connectivity index (χ4n) is 4.19. The average Bonchev–Trinajstić information content (AvgIpc) is 2.95. The number of hydrogen-bond donors (Lipinski definition) is 2. The second-order valence-electron chi connectivity index (χ2n) is 7.31. The molecule has 0 aromatic carbocycles. The van der Waals surface area contributed by atoms with Gasteiger partial charge in [0.05, 0.1) is 18.1 Å². The van der Waals surface area contributed by atoms with Gasteiger partial charge < -0.3 is 19.9 Å². The number of likely N-dealkylation sites (tertiary alicyclic amines) is 1. The highest BCUT2D eigenvalue weighted by Gasteiger charge is 2.49. The minimum absolute atomic E-state index is 0.111. The molecule has 2 aliphatic heterocycles. The van der Waals surface area contributed by atoms with Crippen LogP contribution in [0.5, 0.6) is 0 Å². The molecular weight excluding hydrogens is 374 g/mol. The zero-order valence-corrected chi connectivity index (χ0v) is 15.4. The van der Waals surface area contributed by atoms with Gasteiger partial charge in [0.25, 0.3) is 5.92 Å². The molecule has 2 fully saturated rings. The number of piperidine rings is 1. The van der Waals surface area contributed by atoms with E-state index in [1.807, 2.05) is 4.90 Å². The predicted octanol–water partition coefficient (Wildman–Crippen LogP) is 0.771. The van der Waals surface area contributed by atoms with Crippen molar-refractivity contribution in [1.82, 2.24) is 24.3 Å². The third-order valence-electron chi connectivity index (χ3n) is 5.67. The molecule has 0 aliphatic carbocycles. The van der Waals surface area contributed by atoms with Crippen molar-refractivity contribution in [3.8, 4) is 0 Å². The zero-order valence-electron chi connectivity index (χ0n) is 15.4. The lowest BCUT2D eigenvalue weighted by Crippen LogP contribution is -2.62. The van der Waals surface area contributed by atoms with E-state index in [4.69, 9.17) is 5.11 Å². The van der Waals surface area contributed by atoms with E-state index in [-0.39, 0.29) is 18.7 Å². The summed E-state index contributed by atoms with van der Waals surface area (Å²) >= 11 is 0. The van der Waals surface area contributed by atoms with Crippen LogP contribution >= 0.6 is 0 Å². The molecule has 2 aliphatic rings. The SMILES string of the molecule is Cn1c(=O)[nH]c2ccnc(N3CCN([C@H]4CCN(C(=O)O)CC4(F)F)CC3)c21. The van der Waals surface area contributed by atoms with E-state index in [0.717, 1.165) is 4.90 Å². The molecule has 2 aromatic rings. The monoisotopic (exact) mass is 396 g/mol. The highest BCUT2D eigenvalue weighted by Crippen LogP contribution is 2.32. The zero-order chi connectivity index (χ0) is 20.1. The average molecular weight is 396 g/mol. The molecule has 11 heteroatoms. The topological polar surface area (TPSA) is 97.7 Å². The number of anilines is 1. The smallest absolute Gasteiger partial charge is 0.407 e. The first kappa shape index (κ1) is 18.7. The highest BCUT2D eigenvalue weighted by atomic mass is 19.3. The summed E-state index contributed by atoms with van der Waals surface area (Å²) < 4.78 is 30.6. The van der Waals surface area contributed by atoms with Crippen LogP contribution in [0.4, 0.5) is 19.4 Å². The van der Waals surface area contributed by atoms with E-state index in [0.29, 0.717) is 43.0 Å². The molecular formula is C17H22F2N6O3. The molecule has 0 spiro atoms. The summed E-state index contributed by atoms with van der Waals surface area (Å²) in [4.78, 5) is 34.6. The van der Waals surface area contributed by atoms with Gasteiger partial charge in [-0.05, 0) is 12.5 Å². The number of imidazole rings is 1. The summed E-state index contributed by atoms with van der Waals surface area (Å²) in [7, 11) is 1.67. The van der Waals surface area contributed by atoms with E-state index < -0.39 is 24.6 Å². The largest absolute Gasteiger partial charge is 0.465 e. The number of carbonyl (C=O) groups is 1. The van der Waals surface area contributed by atoms with Gasteiger partial charge in [-0.15, -0.1) is 0 Å². The Balaban J connectivity index is 1.49. The fraction of sp³-hybridized carbons (Fsp3) is 0.588. The van der Waals surface area contributed by atoms with Gasteiger partial charge in [0.1, 0.15) is 5.52 Å². The first-order chi connectivity index (χ1) is 13.3. The number of aromatic amines is 1. The summed E-state index contributed by atoms with van der Waals surface area (Å²) in [5.74, 6) is -2.42. The number of nitrogens with zero attached hydrogens (tertiary/aromatic N) is 5. The second kappa shape index (κ2) is 6.73. The van der Waals surface area contributed by atoms with Crippen molar-refractivity contribution in [2.45, 2.75) is 18.4 Å². The van der Waals surface area contributed by atoms with Crippen molar-refractivity contribution in [2.24, 2.45) is 7.05 Å². The van der Waals surface area contributed by atoms with Gasteiger partial charge in [-0.25, -0.2) is 23.4 Å². The quantitative estimate of drug-likeness (QED) is 0.778. The number of aromatic nitrogens is 3. The molecule has 152 valence electrons. The lowest BCUT2D eigenvalue weighted by molar-refractivity contribution is -0.122. The van der Waals surface area contributed by atoms with Crippen molar-refractivity contribution in [1.29, 1.82) is 0 Å². The van der Waals surface area contributed by atoms with Crippen molar-refractivity contribution >= 4 is 22.9 Å². The molecule has 2 saturated heterocycles. The van der Waals surface area contributed by atoms with Gasteiger partial charge in [-0.3, -0.25) is 9.47 Å². The van der Waals surface area contributed by atoms with Crippen LogP contribution in [0.1, 0.15) is 6.42 Å². The Morgan fingerprint density at radius 3 is 2.64 bits per heavy atom. The Labute approximate surface area is 159 Å². The maximum Gasteiger partial charge on any atom is 0.407 e. The van der Waals surface area contributed by atoms with Crippen LogP contribution in [0.2, 0.25) is 0 Å². The summed E-state index contributed by atoms with van der Waals surface area (Å²) in [5, 5.41) is 8.98. The first-order valence-corrected chi connectivity index (χ1v) is 9.16. The van der Waals surface area contributed by atoms with Gasteiger partial charge in [0, 0.05) is 46.0 Å². The van der Waals surface area contributed by atoms with Gasteiger partial charge >= 0.3 is 11.8 Å². The van der Waals surface area contributed by atoms with Gasteiger partial charge in [-0.1, -0.05) is 0 Å². The number of hydrogen-bond acceptors (Lipinski definition) is 5. The predicted molar refractivity (Wildman–Crippen MR) is 98.1 cm³/mol. The summed E-state index contributed by atoms with van der Waals surface area (Å²) in [6.45, 7) is 1.19. The molecule has 9 nitrogen and oxygen atoms in total. The van der Waals surface area contributed by atoms with E-state index >= 15 is 0 Å². The third kappa shape index (κ3) is 3.09. The van der Waals surface area contributed by atoms with Crippen LogP contribution < -0.4 is 10.6 Å². The Hall–Kier alpha value is -2.69. The van der Waals surface area contributed by atoms with Crippen LogP contribution in [0.3, 0.4) is 0 Å². The van der Waals surface area contributed by atoms with Crippen LogP contribution in [-0.4, -0.2) is 86.8 Å². The molecule has 0 bridgehead atoms. The van der Waals surface area contributed by atoms with Gasteiger partial charge in [0.2, 0.25) is 0 Å². The molecule has 1 atom stereocenters. The van der Waals surface area contributed by atoms with Crippen LogP contribution in [0, 0.1) is 0 Å². The third-order valence-corrected chi connectivity index (χ3v) is 5.67. The molecule has 4 heterocycles. The summed E-state index contributed by atoms with van der Waals surface area (Å²) in [6.07, 6.45) is 0.425. The Morgan fingerprint density at radius 2 is 2.00 bits per heavy atom. The number of H-pyrrole nitrogens is 1. The number of alkyl halides is 2. The number of piperazine rings is 1. The first-order valence-electron chi connectivity index (χ1n) is 9.16. The number of halogens is 2. The number of fused-ring (bicyclic) bond motifs is 1. The second-order valence-corrected chi connectivity index (χ2v) is 7.31. The Kier molecular flexibility index (Phi) is 4.48. The molecule has 2 N–H and O–H groups in total. The van der Waals surface area contributed by atoms with Crippen molar-refractivity contribution in [3.05, 3.63) is 22.7 Å². The number of aryl methyl sites for hydroxylation is 1. The standard InChI is InChI=1S/C17H22F2N6O3/c1-22-13-11(21-15(22)26)2-4-20-14(13)24-8-6-23(7-9-24)12-3-5-25(16(27)28)10-17(12,18)19/h2,4,12H,3,5-10H2,1H3,(H,21,26)(H,27,28)/t12-/m0/s1. The van der Waals surface area contributed by atoms with E-state index in [9.17, 15) is 18.4 Å². The molecule has 4 rings (SSSR count). The van der Waals surface area contributed by atoms with Crippen LogP contribution in [0.25, 0.3) is 11.0 Å². The van der Waals surface area contributed by atoms with Crippen molar-refractivity contribution < 1.29 is 18.7 Å². The van der Waals surface area contributed by atoms with E-state index in [2.05, 4.69) is 9.97 Å². The number of amides is 1. The minimum atomic E-state index is -3.08. The van der Waals surface area contributed by atoms with Gasteiger partial charge in [0.15, 0.2) is 5.82 Å². The maximum atomic E-state index is 14.5. The Bertz CT molecular complexity index is 950. The highest BCUT2D eigenvalue weighted by molar-refractivity contribution is 5.86. The minimum Gasteiger partial charge on any atom is -0.465 e. The van der Waals surface area contributed by atoms with E-state index in [1.54, 1.807) is 24.2 Å². The Morgan fingerprint density at radius 1 is 1.29 bits per heavy atom. The number of carboxylic acid groups (broad SMARTS) is 1. The molecule has 0 radical (unpaired) electrons. The van der Waals surface area contributed by atoms with Crippen LogP contribution in [-0.2, 0) is 7.05 Å². The normalized spacial score (nSPS) is 23.3. The molecule has 0 saturated carbocycles. The molecule has 2 aromatic heterocycles. The number of pyridine rings is 1. The fourth-order valence-corrected chi connectivity index (χ4v) is 4.19. The molecule has 0 unspecified atom stereocenters. The maximum absolute atomic E-state index is 14.5. The number of nitrogens with one attached hydrogen (secondary N) is 1. The lowest BCUT2D eigenvalue weighted by atomic mass is 9.98. The number of rotatable bonds is 2. The summed E-state index contributed by atoms with van der Waals surface area (Å²) in [6, 6.07) is 0.762. The van der Waals surface area contributed by atoms with Crippen LogP contribution in [0.15, 0.2) is 17.1 Å².